The summed E-state index contributed by atoms with van der Waals surface area (Å²) in [5.74, 6) is 0.00941. The molecule has 5 nitrogen and oxygen atoms in total. The molecule has 1 rings (SSSR count). The highest BCUT2D eigenvalue weighted by atomic mass is 127. The first kappa shape index (κ1) is 13.9. The highest BCUT2D eigenvalue weighted by Gasteiger charge is 2.42. The van der Waals surface area contributed by atoms with Gasteiger partial charge in [0, 0.05) is 13.0 Å². The largest absolute Gasteiger partial charge is 0.328 e. The fourth-order valence-corrected chi connectivity index (χ4v) is 2.84. The lowest BCUT2D eigenvalue weighted by Crippen LogP contribution is -2.48. The molecule has 2 N–H and O–H groups in total. The summed E-state index contributed by atoms with van der Waals surface area (Å²) in [5.41, 5.74) is 5.47. The van der Waals surface area contributed by atoms with Gasteiger partial charge < -0.3 is 5.73 Å². The number of hydrogen-bond donors (Lipinski definition) is 1. The van der Waals surface area contributed by atoms with E-state index in [0.29, 0.717) is 5.75 Å². The monoisotopic (exact) mass is 356 g/mol. The average molecular weight is 356 g/mol. The third kappa shape index (κ3) is 2.75. The fourth-order valence-electron chi connectivity index (χ4n) is 1.49. The lowest BCUT2D eigenvalue weighted by molar-refractivity contribution is -0.143. The Bertz CT molecular complexity index is 324. The molecule has 90 valence electrons. The van der Waals surface area contributed by atoms with Crippen LogP contribution in [0.15, 0.2) is 0 Å². The molecule has 2 unspecified atom stereocenters. The van der Waals surface area contributed by atoms with Gasteiger partial charge in [-0.05, 0) is 5.75 Å². The lowest BCUT2D eigenvalue weighted by atomic mass is 10.3. The van der Waals surface area contributed by atoms with Gasteiger partial charge >= 0.3 is 0 Å². The van der Waals surface area contributed by atoms with Crippen molar-refractivity contribution < 1.29 is 14.4 Å². The number of likely N-dealkylation sites (tertiary alicyclic amines) is 1. The summed E-state index contributed by atoms with van der Waals surface area (Å²) in [6.07, 6.45) is 0.167. The van der Waals surface area contributed by atoms with Crippen molar-refractivity contribution in [3.63, 3.8) is 0 Å². The Morgan fingerprint density at radius 2 is 2.31 bits per heavy atom. The number of rotatable bonds is 4. The molecule has 7 heteroatoms. The minimum absolute atomic E-state index is 0.00727. The molecule has 2 amide bonds. The summed E-state index contributed by atoms with van der Waals surface area (Å²) in [5, 5.41) is -0.211. The van der Waals surface area contributed by atoms with Crippen molar-refractivity contribution in [2.45, 2.75) is 23.3 Å². The van der Waals surface area contributed by atoms with Crippen LogP contribution in [-0.4, -0.2) is 44.1 Å². The Labute approximate surface area is 112 Å². The van der Waals surface area contributed by atoms with Crippen molar-refractivity contribution >= 4 is 51.3 Å². The van der Waals surface area contributed by atoms with Gasteiger partial charge in [-0.15, -0.1) is 0 Å². The van der Waals surface area contributed by atoms with E-state index in [9.17, 15) is 14.4 Å². The van der Waals surface area contributed by atoms with E-state index in [1.54, 1.807) is 0 Å². The summed E-state index contributed by atoms with van der Waals surface area (Å²) in [6, 6.07) is -0.801. The van der Waals surface area contributed by atoms with Crippen LogP contribution in [0.25, 0.3) is 0 Å². The second-order valence-corrected chi connectivity index (χ2v) is 6.05. The quantitative estimate of drug-likeness (QED) is 0.441. The zero-order valence-electron chi connectivity index (χ0n) is 8.81. The van der Waals surface area contributed by atoms with E-state index in [1.165, 1.54) is 0 Å². The van der Waals surface area contributed by atoms with E-state index in [2.05, 4.69) is 0 Å². The maximum Gasteiger partial charge on any atom is 0.243 e. The first-order chi connectivity index (χ1) is 7.52. The molecular weight excluding hydrogens is 343 g/mol. The molecule has 0 bridgehead atoms. The van der Waals surface area contributed by atoms with Crippen LogP contribution < -0.4 is 5.73 Å². The molecule has 1 heterocycles. The molecule has 0 aromatic rings. The van der Waals surface area contributed by atoms with Crippen LogP contribution in [0.4, 0.5) is 0 Å². The lowest BCUT2D eigenvalue weighted by Gasteiger charge is -2.23. The fraction of sp³-hybridized carbons (Fsp3) is 0.667. The minimum atomic E-state index is -0.801. The Morgan fingerprint density at radius 3 is 2.69 bits per heavy atom. The zero-order chi connectivity index (χ0) is 12.3. The molecule has 0 radical (unpaired) electrons. The molecule has 0 aliphatic carbocycles. The van der Waals surface area contributed by atoms with Gasteiger partial charge in [0.05, 0.1) is 3.92 Å². The van der Waals surface area contributed by atoms with Crippen LogP contribution >= 0.6 is 34.4 Å². The van der Waals surface area contributed by atoms with E-state index in [1.807, 2.05) is 29.5 Å². The smallest absolute Gasteiger partial charge is 0.243 e. The molecule has 2 atom stereocenters. The highest BCUT2D eigenvalue weighted by molar-refractivity contribution is 14.1. The molecule has 1 saturated heterocycles. The first-order valence-corrected chi connectivity index (χ1v) is 7.12. The number of halogens is 1. The molecule has 0 spiro atoms. The number of alkyl halides is 1. The SMILES string of the molecule is CCSC(=O)C(CN)N1C(=O)CC(I)C1=O. The first-order valence-electron chi connectivity index (χ1n) is 4.89. The Morgan fingerprint density at radius 1 is 1.69 bits per heavy atom. The summed E-state index contributed by atoms with van der Waals surface area (Å²) in [7, 11) is 0. The van der Waals surface area contributed by atoms with Crippen molar-refractivity contribution in [1.29, 1.82) is 0 Å². The Hall–Kier alpha value is -0.150. The highest BCUT2D eigenvalue weighted by Crippen LogP contribution is 2.24. The number of nitrogens with two attached hydrogens (primary N) is 1. The number of hydrogen-bond acceptors (Lipinski definition) is 5. The van der Waals surface area contributed by atoms with Crippen molar-refractivity contribution in [1.82, 2.24) is 4.90 Å². The third-order valence-electron chi connectivity index (χ3n) is 2.22. The number of carbonyl (C=O) groups is 3. The molecule has 1 aliphatic rings. The zero-order valence-corrected chi connectivity index (χ0v) is 11.8. The van der Waals surface area contributed by atoms with Crippen LogP contribution in [0.5, 0.6) is 0 Å². The van der Waals surface area contributed by atoms with Crippen LogP contribution in [0, 0.1) is 0 Å². The van der Waals surface area contributed by atoms with Crippen molar-refractivity contribution in [3.8, 4) is 0 Å². The van der Waals surface area contributed by atoms with Crippen molar-refractivity contribution in [2.75, 3.05) is 12.3 Å². The maximum absolute atomic E-state index is 11.7. The van der Waals surface area contributed by atoms with Gasteiger partial charge in [0.15, 0.2) is 0 Å². The Balaban J connectivity index is 2.84. The van der Waals surface area contributed by atoms with Crippen LogP contribution in [0.2, 0.25) is 0 Å². The molecular formula is C9H13IN2O3S. The van der Waals surface area contributed by atoms with Crippen LogP contribution in [-0.2, 0) is 14.4 Å². The number of carbonyl (C=O) groups excluding carboxylic acids is 3. The summed E-state index contributed by atoms with van der Waals surface area (Å²) >= 11 is 3.00. The minimum Gasteiger partial charge on any atom is -0.328 e. The van der Waals surface area contributed by atoms with Crippen LogP contribution in [0.1, 0.15) is 13.3 Å². The van der Waals surface area contributed by atoms with Gasteiger partial charge in [-0.1, -0.05) is 41.3 Å². The number of imide groups is 1. The van der Waals surface area contributed by atoms with E-state index in [-0.39, 0.29) is 33.8 Å². The van der Waals surface area contributed by atoms with Gasteiger partial charge in [0.25, 0.3) is 0 Å². The second-order valence-electron chi connectivity index (χ2n) is 3.28. The molecule has 1 fully saturated rings. The molecule has 0 aromatic heterocycles. The maximum atomic E-state index is 11.7. The number of nitrogens with zero attached hydrogens (tertiary/aromatic N) is 1. The Kier molecular flexibility index (Phi) is 5.19. The average Bonchev–Trinajstić information content (AvgIpc) is 2.46. The van der Waals surface area contributed by atoms with Gasteiger partial charge in [-0.2, -0.15) is 0 Å². The predicted molar refractivity (Wildman–Crippen MR) is 70.3 cm³/mol. The number of amides is 2. The van der Waals surface area contributed by atoms with Gasteiger partial charge in [-0.3, -0.25) is 19.3 Å². The van der Waals surface area contributed by atoms with E-state index >= 15 is 0 Å². The van der Waals surface area contributed by atoms with Gasteiger partial charge in [0.2, 0.25) is 16.9 Å². The molecule has 16 heavy (non-hydrogen) atoms. The summed E-state index contributed by atoms with van der Waals surface area (Å²) < 4.78 is -0.362. The van der Waals surface area contributed by atoms with E-state index in [4.69, 9.17) is 5.73 Å². The standard InChI is InChI=1S/C9H13IN2O3S/c1-2-16-9(15)6(4-11)12-7(13)3-5(10)8(12)14/h5-6H,2-4,11H2,1H3. The summed E-state index contributed by atoms with van der Waals surface area (Å²) in [4.78, 5) is 36.0. The van der Waals surface area contributed by atoms with E-state index < -0.39 is 6.04 Å². The topological polar surface area (TPSA) is 80.5 Å². The normalized spacial score (nSPS) is 22.7. The van der Waals surface area contributed by atoms with E-state index in [0.717, 1.165) is 16.7 Å². The van der Waals surface area contributed by atoms with Crippen molar-refractivity contribution in [3.05, 3.63) is 0 Å². The third-order valence-corrected chi connectivity index (χ3v) is 4.04. The molecule has 1 aliphatic heterocycles. The predicted octanol–water partition coefficient (Wildman–Crippen LogP) is 0.156. The van der Waals surface area contributed by atoms with Gasteiger partial charge in [0.1, 0.15) is 6.04 Å². The second kappa shape index (κ2) is 5.97. The summed E-state index contributed by atoms with van der Waals surface area (Å²) in [6.45, 7) is 1.83. The molecule has 0 aromatic carbocycles. The molecule has 0 saturated carbocycles. The van der Waals surface area contributed by atoms with Crippen LogP contribution in [0.3, 0.4) is 0 Å². The number of thioether (sulfide) groups is 1. The van der Waals surface area contributed by atoms with Crippen molar-refractivity contribution in [2.24, 2.45) is 5.73 Å². The van der Waals surface area contributed by atoms with Gasteiger partial charge in [-0.25, -0.2) is 0 Å².